The maximum Gasteiger partial charge on any atom is 0.236 e. The average molecular weight is 266 g/mol. The van der Waals surface area contributed by atoms with Crippen LogP contribution in [0.15, 0.2) is 0 Å². The zero-order chi connectivity index (χ0) is 13.8. The minimum Gasteiger partial charge on any atom is -0.342 e. The van der Waals surface area contributed by atoms with Crippen LogP contribution in [-0.4, -0.2) is 48.4 Å². The first kappa shape index (κ1) is 14.8. The summed E-state index contributed by atoms with van der Waals surface area (Å²) in [5.41, 5.74) is 0. The summed E-state index contributed by atoms with van der Waals surface area (Å²) in [6, 6.07) is 0. The number of hydrogen-bond acceptors (Lipinski definition) is 2. The summed E-state index contributed by atoms with van der Waals surface area (Å²) in [5, 5.41) is 0. The largest absolute Gasteiger partial charge is 0.342 e. The zero-order valence-corrected chi connectivity index (χ0v) is 12.9. The molecule has 0 aromatic carbocycles. The molecule has 19 heavy (non-hydrogen) atoms. The maximum absolute atomic E-state index is 12.3. The lowest BCUT2D eigenvalue weighted by molar-refractivity contribution is -0.133. The van der Waals surface area contributed by atoms with Crippen LogP contribution in [0.2, 0.25) is 0 Å². The summed E-state index contributed by atoms with van der Waals surface area (Å²) >= 11 is 0. The molecule has 0 spiro atoms. The van der Waals surface area contributed by atoms with Crippen LogP contribution in [-0.2, 0) is 4.79 Å². The van der Waals surface area contributed by atoms with Gasteiger partial charge in [0.1, 0.15) is 0 Å². The summed E-state index contributed by atoms with van der Waals surface area (Å²) in [7, 11) is 0. The molecule has 2 fully saturated rings. The summed E-state index contributed by atoms with van der Waals surface area (Å²) in [4.78, 5) is 16.8. The highest BCUT2D eigenvalue weighted by atomic mass is 16.2. The fraction of sp³-hybridized carbons (Fsp3) is 0.938. The molecule has 0 bridgehead atoms. The SMILES string of the molecule is CC[C@H]1CCN(CC(=O)N2CCC(C(C)C)CC2)C1. The molecule has 1 atom stereocenters. The molecule has 2 rings (SSSR count). The normalized spacial score (nSPS) is 26.3. The molecular weight excluding hydrogens is 236 g/mol. The second-order valence-electron chi connectivity index (χ2n) is 6.76. The summed E-state index contributed by atoms with van der Waals surface area (Å²) in [6.45, 7) is 11.7. The molecule has 0 aromatic rings. The van der Waals surface area contributed by atoms with Crippen LogP contribution in [0.1, 0.15) is 46.5 Å². The minimum atomic E-state index is 0.360. The molecule has 0 N–H and O–H groups in total. The van der Waals surface area contributed by atoms with Gasteiger partial charge in [0.25, 0.3) is 0 Å². The summed E-state index contributed by atoms with van der Waals surface area (Å²) < 4.78 is 0. The number of carbonyl (C=O) groups excluding carboxylic acids is 1. The number of likely N-dealkylation sites (tertiary alicyclic amines) is 2. The van der Waals surface area contributed by atoms with Gasteiger partial charge in [0.2, 0.25) is 5.91 Å². The van der Waals surface area contributed by atoms with Gasteiger partial charge >= 0.3 is 0 Å². The molecule has 2 aliphatic heterocycles. The number of amides is 1. The van der Waals surface area contributed by atoms with Crippen molar-refractivity contribution in [3.8, 4) is 0 Å². The van der Waals surface area contributed by atoms with Gasteiger partial charge in [0.05, 0.1) is 6.54 Å². The fourth-order valence-corrected chi connectivity index (χ4v) is 3.50. The van der Waals surface area contributed by atoms with E-state index in [-0.39, 0.29) is 0 Å². The predicted octanol–water partition coefficient (Wildman–Crippen LogP) is 2.61. The predicted molar refractivity (Wildman–Crippen MR) is 79.0 cm³/mol. The second-order valence-corrected chi connectivity index (χ2v) is 6.76. The van der Waals surface area contributed by atoms with Gasteiger partial charge in [-0.25, -0.2) is 0 Å². The Morgan fingerprint density at radius 2 is 1.84 bits per heavy atom. The summed E-state index contributed by atoms with van der Waals surface area (Å²) in [6.07, 6.45) is 4.92. The van der Waals surface area contributed by atoms with Gasteiger partial charge in [-0.05, 0) is 43.6 Å². The molecule has 3 heteroatoms. The number of hydrogen-bond donors (Lipinski definition) is 0. The van der Waals surface area contributed by atoms with Crippen molar-refractivity contribution in [2.75, 3.05) is 32.7 Å². The smallest absolute Gasteiger partial charge is 0.236 e. The molecule has 0 unspecified atom stereocenters. The number of carbonyl (C=O) groups is 1. The number of nitrogens with zero attached hydrogens (tertiary/aromatic N) is 2. The van der Waals surface area contributed by atoms with Gasteiger partial charge in [-0.2, -0.15) is 0 Å². The van der Waals surface area contributed by atoms with E-state index < -0.39 is 0 Å². The van der Waals surface area contributed by atoms with Crippen molar-refractivity contribution in [3.05, 3.63) is 0 Å². The van der Waals surface area contributed by atoms with Crippen molar-refractivity contribution in [1.29, 1.82) is 0 Å². The molecule has 0 aliphatic carbocycles. The minimum absolute atomic E-state index is 0.360. The van der Waals surface area contributed by atoms with Crippen molar-refractivity contribution in [2.45, 2.75) is 46.5 Å². The van der Waals surface area contributed by atoms with E-state index in [1.54, 1.807) is 0 Å². The lowest BCUT2D eigenvalue weighted by Crippen LogP contribution is -2.44. The van der Waals surface area contributed by atoms with Crippen LogP contribution in [0.5, 0.6) is 0 Å². The second kappa shape index (κ2) is 6.74. The lowest BCUT2D eigenvalue weighted by Gasteiger charge is -2.34. The Morgan fingerprint density at radius 3 is 2.37 bits per heavy atom. The monoisotopic (exact) mass is 266 g/mol. The molecule has 3 nitrogen and oxygen atoms in total. The van der Waals surface area contributed by atoms with Crippen molar-refractivity contribution in [3.63, 3.8) is 0 Å². The topological polar surface area (TPSA) is 23.6 Å². The van der Waals surface area contributed by atoms with Crippen molar-refractivity contribution >= 4 is 5.91 Å². The van der Waals surface area contributed by atoms with Crippen molar-refractivity contribution in [1.82, 2.24) is 9.80 Å². The van der Waals surface area contributed by atoms with E-state index in [9.17, 15) is 4.79 Å². The fourth-order valence-electron chi connectivity index (χ4n) is 3.50. The van der Waals surface area contributed by atoms with Gasteiger partial charge in [-0.3, -0.25) is 9.69 Å². The Kier molecular flexibility index (Phi) is 5.26. The van der Waals surface area contributed by atoms with Gasteiger partial charge < -0.3 is 4.90 Å². The van der Waals surface area contributed by atoms with E-state index >= 15 is 0 Å². The molecule has 2 saturated heterocycles. The molecule has 0 aromatic heterocycles. The zero-order valence-electron chi connectivity index (χ0n) is 12.9. The maximum atomic E-state index is 12.3. The van der Waals surface area contributed by atoms with Crippen LogP contribution >= 0.6 is 0 Å². The van der Waals surface area contributed by atoms with Crippen molar-refractivity contribution in [2.24, 2.45) is 17.8 Å². The first-order valence-corrected chi connectivity index (χ1v) is 8.10. The standard InChI is InChI=1S/C16H30N2O/c1-4-14-5-8-17(11-14)12-16(19)18-9-6-15(7-10-18)13(2)3/h13-15H,4-12H2,1-3H3/t14-/m0/s1. The van der Waals surface area contributed by atoms with Crippen LogP contribution in [0.3, 0.4) is 0 Å². The Labute approximate surface area is 118 Å². The van der Waals surface area contributed by atoms with Crippen LogP contribution in [0.25, 0.3) is 0 Å². The van der Waals surface area contributed by atoms with Crippen LogP contribution < -0.4 is 0 Å². The highest BCUT2D eigenvalue weighted by Crippen LogP contribution is 2.25. The molecule has 110 valence electrons. The third-order valence-corrected chi connectivity index (χ3v) is 5.14. The van der Waals surface area contributed by atoms with E-state index in [4.69, 9.17) is 0 Å². The Morgan fingerprint density at radius 1 is 1.16 bits per heavy atom. The molecular formula is C16H30N2O. The Balaban J connectivity index is 1.73. The highest BCUT2D eigenvalue weighted by molar-refractivity contribution is 5.78. The molecule has 2 heterocycles. The summed E-state index contributed by atoms with van der Waals surface area (Å²) in [5.74, 6) is 2.76. The Hall–Kier alpha value is -0.570. The van der Waals surface area contributed by atoms with Gasteiger partial charge in [-0.15, -0.1) is 0 Å². The van der Waals surface area contributed by atoms with E-state index in [0.717, 1.165) is 43.9 Å². The van der Waals surface area contributed by atoms with E-state index in [1.807, 2.05) is 0 Å². The third kappa shape index (κ3) is 3.95. The molecule has 0 radical (unpaired) electrons. The quantitative estimate of drug-likeness (QED) is 0.781. The first-order valence-electron chi connectivity index (χ1n) is 8.10. The number of rotatable bonds is 4. The van der Waals surface area contributed by atoms with Crippen LogP contribution in [0, 0.1) is 17.8 Å². The number of piperidine rings is 1. The van der Waals surface area contributed by atoms with Gasteiger partial charge in [-0.1, -0.05) is 27.2 Å². The van der Waals surface area contributed by atoms with Gasteiger partial charge in [0.15, 0.2) is 0 Å². The van der Waals surface area contributed by atoms with E-state index in [2.05, 4.69) is 30.6 Å². The third-order valence-electron chi connectivity index (χ3n) is 5.14. The molecule has 2 aliphatic rings. The highest BCUT2D eigenvalue weighted by Gasteiger charge is 2.27. The lowest BCUT2D eigenvalue weighted by atomic mass is 9.87. The Bertz CT molecular complexity index is 295. The first-order chi connectivity index (χ1) is 9.10. The molecule has 1 amide bonds. The van der Waals surface area contributed by atoms with Gasteiger partial charge in [0, 0.05) is 19.6 Å². The molecule has 0 saturated carbocycles. The van der Waals surface area contributed by atoms with Crippen LogP contribution in [0.4, 0.5) is 0 Å². The average Bonchev–Trinajstić information content (AvgIpc) is 2.86. The van der Waals surface area contributed by atoms with E-state index in [0.29, 0.717) is 12.5 Å². The van der Waals surface area contributed by atoms with Crippen molar-refractivity contribution < 1.29 is 4.79 Å². The van der Waals surface area contributed by atoms with E-state index in [1.165, 1.54) is 25.7 Å².